The van der Waals surface area contributed by atoms with Gasteiger partial charge in [0.15, 0.2) is 0 Å². The largest absolute Gasteiger partial charge is 0.366 e. The zero-order valence-electron chi connectivity index (χ0n) is 16.1. The van der Waals surface area contributed by atoms with Crippen molar-refractivity contribution in [3.63, 3.8) is 0 Å². The van der Waals surface area contributed by atoms with Gasteiger partial charge in [0.2, 0.25) is 5.91 Å². The third-order valence-electron chi connectivity index (χ3n) is 4.73. The number of nitrogens with two attached hydrogens (primary N) is 1. The number of amides is 2. The minimum atomic E-state index is -0.512. The van der Waals surface area contributed by atoms with Gasteiger partial charge in [0.05, 0.1) is 0 Å². The second kappa shape index (κ2) is 7.24. The number of carbonyl (C=O) groups is 2. The summed E-state index contributed by atoms with van der Waals surface area (Å²) < 4.78 is 1.80. The fourth-order valence-corrected chi connectivity index (χ4v) is 3.19. The van der Waals surface area contributed by atoms with Crippen molar-refractivity contribution in [2.45, 2.75) is 13.8 Å². The maximum absolute atomic E-state index is 13.2. The van der Waals surface area contributed by atoms with Crippen LogP contribution in [-0.4, -0.2) is 21.2 Å². The number of nitrogens with zero attached hydrogens (tertiary/aromatic N) is 2. The topological polar surface area (TPSA) is 89.5 Å². The highest BCUT2D eigenvalue weighted by atomic mass is 16.2. The molecule has 0 saturated carbocycles. The van der Waals surface area contributed by atoms with E-state index in [-0.39, 0.29) is 5.91 Å². The Morgan fingerprint density at radius 3 is 2.21 bits per heavy atom. The molecule has 0 bridgehead atoms. The van der Waals surface area contributed by atoms with Gasteiger partial charge in [-0.25, -0.2) is 4.98 Å². The first-order chi connectivity index (χ1) is 13.9. The molecule has 2 aromatic carbocycles. The third kappa shape index (κ3) is 3.60. The highest BCUT2D eigenvalue weighted by Crippen LogP contribution is 2.26. The van der Waals surface area contributed by atoms with Gasteiger partial charge in [0, 0.05) is 23.0 Å². The molecule has 29 heavy (non-hydrogen) atoms. The van der Waals surface area contributed by atoms with Gasteiger partial charge < -0.3 is 11.1 Å². The molecule has 0 aliphatic carbocycles. The molecule has 2 aromatic heterocycles. The van der Waals surface area contributed by atoms with Crippen molar-refractivity contribution in [2.24, 2.45) is 5.73 Å². The molecule has 0 aliphatic heterocycles. The van der Waals surface area contributed by atoms with Gasteiger partial charge in [-0.1, -0.05) is 35.9 Å². The molecule has 0 unspecified atom stereocenters. The summed E-state index contributed by atoms with van der Waals surface area (Å²) in [6, 6.07) is 18.2. The van der Waals surface area contributed by atoms with E-state index in [1.54, 1.807) is 28.7 Å². The number of aryl methyl sites for hydroxylation is 2. The molecule has 4 aromatic rings. The van der Waals surface area contributed by atoms with E-state index >= 15 is 0 Å². The maximum atomic E-state index is 13.2. The minimum absolute atomic E-state index is 0.287. The summed E-state index contributed by atoms with van der Waals surface area (Å²) in [5.41, 5.74) is 11.0. The monoisotopic (exact) mass is 384 g/mol. The molecule has 144 valence electrons. The summed E-state index contributed by atoms with van der Waals surface area (Å²) in [5, 5.41) is 2.89. The summed E-state index contributed by atoms with van der Waals surface area (Å²) in [6.45, 7) is 3.98. The molecule has 0 fully saturated rings. The van der Waals surface area contributed by atoms with E-state index in [9.17, 15) is 9.59 Å². The van der Waals surface area contributed by atoms with Gasteiger partial charge in [-0.15, -0.1) is 0 Å². The summed E-state index contributed by atoms with van der Waals surface area (Å²) >= 11 is 0. The quantitative estimate of drug-likeness (QED) is 0.558. The zero-order chi connectivity index (χ0) is 20.5. The molecule has 4 rings (SSSR count). The van der Waals surface area contributed by atoms with E-state index < -0.39 is 5.91 Å². The zero-order valence-corrected chi connectivity index (χ0v) is 16.1. The standard InChI is InChI=1S/C23H20N4O2/c1-14-3-6-16(7-4-14)20-21(27-13-15(2)5-12-19(27)26-20)23(29)25-18-10-8-17(9-11-18)22(24)28/h3-13H,1-2H3,(H2,24,28)(H,25,29). The molecule has 0 aliphatic rings. The fraction of sp³-hybridized carbons (Fsp3) is 0.0870. The van der Waals surface area contributed by atoms with Crippen LogP contribution in [0.4, 0.5) is 5.69 Å². The van der Waals surface area contributed by atoms with Crippen LogP contribution in [0.2, 0.25) is 0 Å². The van der Waals surface area contributed by atoms with E-state index in [0.29, 0.717) is 28.3 Å². The maximum Gasteiger partial charge on any atom is 0.274 e. The molecular weight excluding hydrogens is 364 g/mol. The van der Waals surface area contributed by atoms with E-state index in [1.807, 2.05) is 56.4 Å². The Labute approximate surface area is 168 Å². The summed E-state index contributed by atoms with van der Waals surface area (Å²) in [4.78, 5) is 29.2. The average Bonchev–Trinajstić information content (AvgIpc) is 3.07. The van der Waals surface area contributed by atoms with Crippen LogP contribution in [0.15, 0.2) is 66.9 Å². The highest BCUT2D eigenvalue weighted by Gasteiger charge is 2.21. The summed E-state index contributed by atoms with van der Waals surface area (Å²) in [7, 11) is 0. The van der Waals surface area contributed by atoms with Crippen LogP contribution in [0.25, 0.3) is 16.9 Å². The van der Waals surface area contributed by atoms with Crippen LogP contribution in [0.3, 0.4) is 0 Å². The number of benzene rings is 2. The number of aromatic nitrogens is 2. The number of primary amides is 1. The second-order valence-electron chi connectivity index (χ2n) is 7.01. The van der Waals surface area contributed by atoms with E-state index in [0.717, 1.165) is 16.7 Å². The number of rotatable bonds is 4. The molecule has 2 amide bonds. The SMILES string of the molecule is Cc1ccc(-c2nc3ccc(C)cn3c2C(=O)Nc2ccc(C(N)=O)cc2)cc1. The van der Waals surface area contributed by atoms with Crippen molar-refractivity contribution in [2.75, 3.05) is 5.32 Å². The number of anilines is 1. The van der Waals surface area contributed by atoms with Crippen LogP contribution in [0.5, 0.6) is 0 Å². The molecule has 0 radical (unpaired) electrons. The lowest BCUT2D eigenvalue weighted by atomic mass is 10.1. The van der Waals surface area contributed by atoms with Gasteiger partial charge in [0.1, 0.15) is 17.0 Å². The Bertz CT molecular complexity index is 1220. The van der Waals surface area contributed by atoms with Crippen LogP contribution in [0, 0.1) is 13.8 Å². The van der Waals surface area contributed by atoms with E-state index in [1.165, 1.54) is 0 Å². The minimum Gasteiger partial charge on any atom is -0.366 e. The molecule has 6 heteroatoms. The highest BCUT2D eigenvalue weighted by molar-refractivity contribution is 6.08. The molecule has 3 N–H and O–H groups in total. The molecule has 6 nitrogen and oxygen atoms in total. The smallest absolute Gasteiger partial charge is 0.274 e. The Hall–Kier alpha value is -3.93. The number of pyridine rings is 1. The van der Waals surface area contributed by atoms with Crippen LogP contribution in [-0.2, 0) is 0 Å². The average molecular weight is 384 g/mol. The van der Waals surface area contributed by atoms with Gasteiger partial charge in [-0.05, 0) is 49.7 Å². The van der Waals surface area contributed by atoms with E-state index in [2.05, 4.69) is 5.32 Å². The molecule has 0 saturated heterocycles. The number of hydrogen-bond acceptors (Lipinski definition) is 3. The van der Waals surface area contributed by atoms with E-state index in [4.69, 9.17) is 10.7 Å². The lowest BCUT2D eigenvalue weighted by molar-refractivity contribution is 0.0997. The summed E-state index contributed by atoms with van der Waals surface area (Å²) in [5.74, 6) is -0.799. The molecule has 0 spiro atoms. The van der Waals surface area contributed by atoms with Crippen molar-refractivity contribution >= 4 is 23.1 Å². The normalized spacial score (nSPS) is 10.8. The second-order valence-corrected chi connectivity index (χ2v) is 7.01. The Morgan fingerprint density at radius 2 is 1.55 bits per heavy atom. The third-order valence-corrected chi connectivity index (χ3v) is 4.73. The predicted octanol–water partition coefficient (Wildman–Crippen LogP) is 3.97. The van der Waals surface area contributed by atoms with Gasteiger partial charge in [-0.3, -0.25) is 14.0 Å². The van der Waals surface area contributed by atoms with Crippen LogP contribution < -0.4 is 11.1 Å². The van der Waals surface area contributed by atoms with Gasteiger partial charge in [-0.2, -0.15) is 0 Å². The number of hydrogen-bond donors (Lipinski definition) is 2. The Kier molecular flexibility index (Phi) is 4.60. The van der Waals surface area contributed by atoms with Gasteiger partial charge in [0.25, 0.3) is 5.91 Å². The van der Waals surface area contributed by atoms with Crippen LogP contribution in [0.1, 0.15) is 32.0 Å². The Balaban J connectivity index is 1.79. The first-order valence-corrected chi connectivity index (χ1v) is 9.19. The fourth-order valence-electron chi connectivity index (χ4n) is 3.19. The number of carbonyl (C=O) groups excluding carboxylic acids is 2. The molecule has 2 heterocycles. The van der Waals surface area contributed by atoms with Crippen molar-refractivity contribution in [1.29, 1.82) is 0 Å². The van der Waals surface area contributed by atoms with Crippen molar-refractivity contribution in [3.8, 4) is 11.3 Å². The lowest BCUT2D eigenvalue weighted by Gasteiger charge is -2.08. The number of fused-ring (bicyclic) bond motifs is 1. The number of imidazole rings is 1. The summed E-state index contributed by atoms with van der Waals surface area (Å²) in [6.07, 6.45) is 1.89. The van der Waals surface area contributed by atoms with Gasteiger partial charge >= 0.3 is 0 Å². The first kappa shape index (κ1) is 18.4. The lowest BCUT2D eigenvalue weighted by Crippen LogP contribution is -2.16. The molecule has 0 atom stereocenters. The first-order valence-electron chi connectivity index (χ1n) is 9.19. The van der Waals surface area contributed by atoms with Crippen LogP contribution >= 0.6 is 0 Å². The Morgan fingerprint density at radius 1 is 0.897 bits per heavy atom. The molecular formula is C23H20N4O2. The number of nitrogens with one attached hydrogen (secondary N) is 1. The van der Waals surface area contributed by atoms with Crippen molar-refractivity contribution < 1.29 is 9.59 Å². The van der Waals surface area contributed by atoms with Crippen molar-refractivity contribution in [1.82, 2.24) is 9.38 Å². The van der Waals surface area contributed by atoms with Crippen molar-refractivity contribution in [3.05, 3.63) is 89.2 Å². The predicted molar refractivity (Wildman–Crippen MR) is 113 cm³/mol.